The fourth-order valence-corrected chi connectivity index (χ4v) is 2.02. The predicted octanol–water partition coefficient (Wildman–Crippen LogP) is 2.87. The fraction of sp³-hybridized carbons (Fsp3) is 0.462. The summed E-state index contributed by atoms with van der Waals surface area (Å²) < 4.78 is 5.01. The molecule has 17 heavy (non-hydrogen) atoms. The third kappa shape index (κ3) is 4.02. The maximum Gasteiger partial charge on any atom is 0.307 e. The van der Waals surface area contributed by atoms with E-state index in [4.69, 9.17) is 16.3 Å². The number of benzene rings is 1. The molecule has 2 atom stereocenters. The first-order valence-corrected chi connectivity index (χ1v) is 5.89. The van der Waals surface area contributed by atoms with E-state index in [1.807, 2.05) is 25.1 Å². The van der Waals surface area contributed by atoms with Crippen molar-refractivity contribution in [2.45, 2.75) is 13.3 Å². The number of halogens is 1. The molecule has 94 valence electrons. The summed E-state index contributed by atoms with van der Waals surface area (Å²) in [5.41, 5.74) is 0.865. The van der Waals surface area contributed by atoms with Crippen LogP contribution in [0, 0.1) is 11.8 Å². The van der Waals surface area contributed by atoms with Gasteiger partial charge < -0.3 is 9.84 Å². The number of ether oxygens (including phenoxy) is 1. The van der Waals surface area contributed by atoms with E-state index in [1.54, 1.807) is 13.2 Å². The van der Waals surface area contributed by atoms with E-state index < -0.39 is 11.9 Å². The summed E-state index contributed by atoms with van der Waals surface area (Å²) in [6.45, 7) is 2.31. The lowest BCUT2D eigenvalue weighted by atomic mass is 9.88. The fourth-order valence-electron chi connectivity index (χ4n) is 1.81. The Kier molecular flexibility index (Phi) is 5.45. The van der Waals surface area contributed by atoms with Gasteiger partial charge >= 0.3 is 5.97 Å². The highest BCUT2D eigenvalue weighted by molar-refractivity contribution is 6.31. The molecule has 0 saturated carbocycles. The first-order chi connectivity index (χ1) is 8.06. The number of carboxylic acid groups (broad SMARTS) is 1. The highest BCUT2D eigenvalue weighted by atomic mass is 35.5. The van der Waals surface area contributed by atoms with E-state index in [0.717, 1.165) is 5.56 Å². The summed E-state index contributed by atoms with van der Waals surface area (Å²) in [5, 5.41) is 9.84. The van der Waals surface area contributed by atoms with Crippen LogP contribution in [0.5, 0.6) is 0 Å². The minimum absolute atomic E-state index is 0.0474. The number of carboxylic acids is 1. The summed E-state index contributed by atoms with van der Waals surface area (Å²) in [6, 6.07) is 7.33. The highest BCUT2D eigenvalue weighted by Crippen LogP contribution is 2.23. The monoisotopic (exact) mass is 256 g/mol. The Labute approximate surface area is 106 Å². The van der Waals surface area contributed by atoms with Gasteiger partial charge in [-0.3, -0.25) is 4.79 Å². The highest BCUT2D eigenvalue weighted by Gasteiger charge is 2.25. The van der Waals surface area contributed by atoms with Crippen LogP contribution in [-0.4, -0.2) is 24.8 Å². The molecule has 1 rings (SSSR count). The smallest absolute Gasteiger partial charge is 0.307 e. The Balaban J connectivity index is 2.80. The molecule has 0 bridgehead atoms. The van der Waals surface area contributed by atoms with Crippen LogP contribution in [0.2, 0.25) is 5.02 Å². The lowest BCUT2D eigenvalue weighted by Crippen LogP contribution is -2.27. The standard InChI is InChI=1S/C13H17ClO3/c1-9(8-17-2)11(13(15)16)7-10-5-3-4-6-12(10)14/h3-6,9,11H,7-8H2,1-2H3,(H,15,16). The summed E-state index contributed by atoms with van der Waals surface area (Å²) in [7, 11) is 1.57. The number of aliphatic carboxylic acids is 1. The molecule has 4 heteroatoms. The van der Waals surface area contributed by atoms with Crippen molar-refractivity contribution in [1.82, 2.24) is 0 Å². The van der Waals surface area contributed by atoms with Gasteiger partial charge in [-0.25, -0.2) is 0 Å². The molecule has 0 aromatic heterocycles. The molecule has 0 spiro atoms. The number of methoxy groups -OCH3 is 1. The van der Waals surface area contributed by atoms with Crippen LogP contribution in [-0.2, 0) is 16.0 Å². The van der Waals surface area contributed by atoms with Crippen molar-refractivity contribution in [1.29, 1.82) is 0 Å². The molecule has 3 nitrogen and oxygen atoms in total. The van der Waals surface area contributed by atoms with E-state index in [9.17, 15) is 9.90 Å². The zero-order valence-electron chi connectivity index (χ0n) is 10.0. The first kappa shape index (κ1) is 14.0. The maximum absolute atomic E-state index is 11.2. The van der Waals surface area contributed by atoms with Gasteiger partial charge in [-0.05, 0) is 24.0 Å². The molecule has 0 fully saturated rings. The number of hydrogen-bond acceptors (Lipinski definition) is 2. The minimum atomic E-state index is -0.811. The molecule has 0 saturated heterocycles. The lowest BCUT2D eigenvalue weighted by molar-refractivity contribution is -0.144. The van der Waals surface area contributed by atoms with E-state index in [2.05, 4.69) is 0 Å². The zero-order valence-corrected chi connectivity index (χ0v) is 10.8. The summed E-state index contributed by atoms with van der Waals surface area (Å²) in [5.74, 6) is -1.34. The van der Waals surface area contributed by atoms with E-state index in [0.29, 0.717) is 18.1 Å². The molecule has 0 heterocycles. The van der Waals surface area contributed by atoms with Gasteiger partial charge in [0.1, 0.15) is 0 Å². The van der Waals surface area contributed by atoms with Crippen molar-refractivity contribution in [3.63, 3.8) is 0 Å². The van der Waals surface area contributed by atoms with Gasteiger partial charge in [-0.2, -0.15) is 0 Å². The van der Waals surface area contributed by atoms with Crippen LogP contribution in [0.25, 0.3) is 0 Å². The Morgan fingerprint density at radius 2 is 2.12 bits per heavy atom. The molecule has 0 aliphatic carbocycles. The second-order valence-corrected chi connectivity index (χ2v) is 4.58. The third-order valence-corrected chi connectivity index (χ3v) is 3.20. The molecule has 0 aliphatic rings. The Morgan fingerprint density at radius 1 is 1.47 bits per heavy atom. The molecule has 1 aromatic carbocycles. The van der Waals surface area contributed by atoms with Crippen molar-refractivity contribution < 1.29 is 14.6 Å². The Morgan fingerprint density at radius 3 is 2.65 bits per heavy atom. The summed E-state index contributed by atoms with van der Waals surface area (Å²) in [6.07, 6.45) is 0.430. The topological polar surface area (TPSA) is 46.5 Å². The van der Waals surface area contributed by atoms with Gasteiger partial charge in [0.15, 0.2) is 0 Å². The summed E-state index contributed by atoms with van der Waals surface area (Å²) in [4.78, 5) is 11.2. The number of rotatable bonds is 6. The third-order valence-electron chi connectivity index (χ3n) is 2.83. The lowest BCUT2D eigenvalue weighted by Gasteiger charge is -2.19. The average Bonchev–Trinajstić information content (AvgIpc) is 2.27. The van der Waals surface area contributed by atoms with Crippen molar-refractivity contribution in [3.8, 4) is 0 Å². The van der Waals surface area contributed by atoms with Crippen LogP contribution in [0.1, 0.15) is 12.5 Å². The van der Waals surface area contributed by atoms with Gasteiger partial charge in [0.2, 0.25) is 0 Å². The van der Waals surface area contributed by atoms with Crippen molar-refractivity contribution >= 4 is 17.6 Å². The SMILES string of the molecule is COCC(C)C(Cc1ccccc1Cl)C(=O)O. The quantitative estimate of drug-likeness (QED) is 0.851. The second kappa shape index (κ2) is 6.62. The van der Waals surface area contributed by atoms with Gasteiger partial charge in [0.05, 0.1) is 5.92 Å². The van der Waals surface area contributed by atoms with Gasteiger partial charge in [-0.1, -0.05) is 36.7 Å². The zero-order chi connectivity index (χ0) is 12.8. The number of carbonyl (C=O) groups is 1. The largest absolute Gasteiger partial charge is 0.481 e. The maximum atomic E-state index is 11.2. The van der Waals surface area contributed by atoms with Crippen LogP contribution in [0.3, 0.4) is 0 Å². The summed E-state index contributed by atoms with van der Waals surface area (Å²) >= 11 is 6.03. The van der Waals surface area contributed by atoms with Gasteiger partial charge in [0.25, 0.3) is 0 Å². The Bertz CT molecular complexity index is 379. The predicted molar refractivity (Wildman–Crippen MR) is 67.3 cm³/mol. The molecule has 1 N–H and O–H groups in total. The van der Waals surface area contributed by atoms with Crippen LogP contribution in [0.15, 0.2) is 24.3 Å². The molecule has 0 amide bonds. The van der Waals surface area contributed by atoms with E-state index >= 15 is 0 Å². The second-order valence-electron chi connectivity index (χ2n) is 4.17. The molecular weight excluding hydrogens is 240 g/mol. The van der Waals surface area contributed by atoms with E-state index in [-0.39, 0.29) is 5.92 Å². The van der Waals surface area contributed by atoms with Gasteiger partial charge in [0, 0.05) is 18.7 Å². The Hall–Kier alpha value is -1.06. The number of hydrogen-bond donors (Lipinski definition) is 1. The van der Waals surface area contributed by atoms with Crippen LogP contribution < -0.4 is 0 Å². The van der Waals surface area contributed by atoms with E-state index in [1.165, 1.54) is 0 Å². The molecular formula is C13H17ClO3. The van der Waals surface area contributed by atoms with Gasteiger partial charge in [-0.15, -0.1) is 0 Å². The normalized spacial score (nSPS) is 14.3. The van der Waals surface area contributed by atoms with Crippen LogP contribution in [0.4, 0.5) is 0 Å². The molecule has 1 aromatic rings. The average molecular weight is 257 g/mol. The minimum Gasteiger partial charge on any atom is -0.481 e. The van der Waals surface area contributed by atoms with Crippen molar-refractivity contribution in [2.24, 2.45) is 11.8 Å². The van der Waals surface area contributed by atoms with Crippen molar-refractivity contribution in [3.05, 3.63) is 34.9 Å². The van der Waals surface area contributed by atoms with Crippen LogP contribution >= 0.6 is 11.6 Å². The first-order valence-electron chi connectivity index (χ1n) is 5.51. The molecule has 0 aliphatic heterocycles. The van der Waals surface area contributed by atoms with Crippen molar-refractivity contribution in [2.75, 3.05) is 13.7 Å². The molecule has 0 radical (unpaired) electrons. The molecule has 2 unspecified atom stereocenters.